The van der Waals surface area contributed by atoms with Gasteiger partial charge in [0, 0.05) is 22.1 Å². The minimum Gasteiger partial charge on any atom is -0.478 e. The molecule has 0 heterocycles. The summed E-state index contributed by atoms with van der Waals surface area (Å²) in [5.41, 5.74) is -0.782. The van der Waals surface area contributed by atoms with E-state index in [9.17, 15) is 18.4 Å². The van der Waals surface area contributed by atoms with Crippen LogP contribution in [0.25, 0.3) is 0 Å². The first kappa shape index (κ1) is 19.7. The molecule has 2 aromatic rings. The highest BCUT2D eigenvalue weighted by molar-refractivity contribution is 8.00. The van der Waals surface area contributed by atoms with E-state index in [1.165, 1.54) is 0 Å². The van der Waals surface area contributed by atoms with Gasteiger partial charge in [-0.05, 0) is 42.3 Å². The number of anilines is 2. The zero-order valence-electron chi connectivity index (χ0n) is 14.4. The quantitative estimate of drug-likeness (QED) is 0.652. The van der Waals surface area contributed by atoms with Gasteiger partial charge in [0.25, 0.3) is 0 Å². The maximum absolute atomic E-state index is 13.9. The zero-order chi connectivity index (χ0) is 19.5. The van der Waals surface area contributed by atoms with Gasteiger partial charge in [-0.2, -0.15) is 0 Å². The first-order valence-corrected chi connectivity index (χ1v) is 8.46. The number of rotatable bonds is 5. The Morgan fingerprint density at radius 2 is 1.65 bits per heavy atom. The van der Waals surface area contributed by atoms with Crippen LogP contribution in [0.15, 0.2) is 41.3 Å². The molecule has 0 unspecified atom stereocenters. The maximum atomic E-state index is 13.9. The van der Waals surface area contributed by atoms with Crippen LogP contribution in [0.5, 0.6) is 0 Å². The second kappa shape index (κ2) is 7.74. The molecule has 0 saturated carbocycles. The van der Waals surface area contributed by atoms with Crippen molar-refractivity contribution in [2.75, 3.05) is 10.0 Å². The first-order valence-electron chi connectivity index (χ1n) is 7.64. The summed E-state index contributed by atoms with van der Waals surface area (Å²) in [6.45, 7) is 5.42. The van der Waals surface area contributed by atoms with Gasteiger partial charge in [0.05, 0.1) is 11.3 Å². The third kappa shape index (κ3) is 4.95. The van der Waals surface area contributed by atoms with E-state index in [0.29, 0.717) is 16.6 Å². The molecule has 0 fully saturated rings. The highest BCUT2D eigenvalue weighted by atomic mass is 32.2. The molecule has 0 aliphatic rings. The smallest absolute Gasteiger partial charge is 0.338 e. The van der Waals surface area contributed by atoms with Gasteiger partial charge in [-0.15, -0.1) is 0 Å². The largest absolute Gasteiger partial charge is 0.478 e. The number of carbonyl (C=O) groups excluding carboxylic acids is 1. The monoisotopic (exact) mass is 380 g/mol. The lowest BCUT2D eigenvalue weighted by molar-refractivity contribution is -0.123. The number of hydrogen-bond acceptors (Lipinski definition) is 4. The van der Waals surface area contributed by atoms with Crippen LogP contribution in [-0.2, 0) is 4.79 Å². The number of carbonyl (C=O) groups is 2. The number of halogens is 2. The Bertz CT molecular complexity index is 834. The molecule has 2 aromatic carbocycles. The van der Waals surface area contributed by atoms with Gasteiger partial charge in [0.15, 0.2) is 0 Å². The highest BCUT2D eigenvalue weighted by Gasteiger charge is 2.21. The van der Waals surface area contributed by atoms with E-state index in [-0.39, 0.29) is 11.6 Å². The van der Waals surface area contributed by atoms with Crippen LogP contribution in [0.2, 0.25) is 0 Å². The summed E-state index contributed by atoms with van der Waals surface area (Å²) >= 11 is 1.03. The molecule has 0 aromatic heterocycles. The van der Waals surface area contributed by atoms with Crippen molar-refractivity contribution < 1.29 is 23.5 Å². The molecule has 0 aliphatic heterocycles. The van der Waals surface area contributed by atoms with E-state index in [1.807, 2.05) is 0 Å². The van der Waals surface area contributed by atoms with Crippen LogP contribution >= 0.6 is 11.9 Å². The summed E-state index contributed by atoms with van der Waals surface area (Å²) in [5, 5.41) is 11.5. The molecule has 1 amide bonds. The molecule has 3 N–H and O–H groups in total. The van der Waals surface area contributed by atoms with E-state index in [0.717, 1.165) is 18.0 Å². The fraction of sp³-hybridized carbons (Fsp3) is 0.222. The zero-order valence-corrected chi connectivity index (χ0v) is 15.2. The third-order valence-corrected chi connectivity index (χ3v) is 4.19. The summed E-state index contributed by atoms with van der Waals surface area (Å²) < 4.78 is 30.1. The second-order valence-electron chi connectivity index (χ2n) is 6.55. The number of benzene rings is 2. The van der Waals surface area contributed by atoms with Gasteiger partial charge in [-0.25, -0.2) is 13.6 Å². The summed E-state index contributed by atoms with van der Waals surface area (Å²) in [5.74, 6) is -3.55. The van der Waals surface area contributed by atoms with Crippen LogP contribution in [0.1, 0.15) is 31.1 Å². The van der Waals surface area contributed by atoms with E-state index in [4.69, 9.17) is 5.11 Å². The molecule has 0 spiro atoms. The minimum atomic E-state index is -1.53. The Hall–Kier alpha value is -2.61. The predicted molar refractivity (Wildman–Crippen MR) is 97.3 cm³/mol. The number of hydrogen-bond donors (Lipinski definition) is 3. The number of nitrogens with one attached hydrogen (secondary N) is 2. The van der Waals surface area contributed by atoms with Gasteiger partial charge in [0.1, 0.15) is 11.6 Å². The lowest BCUT2D eigenvalue weighted by Crippen LogP contribution is -2.27. The lowest BCUT2D eigenvalue weighted by Gasteiger charge is -2.17. The van der Waals surface area contributed by atoms with E-state index >= 15 is 0 Å². The van der Waals surface area contributed by atoms with Crippen molar-refractivity contribution in [2.45, 2.75) is 25.7 Å². The van der Waals surface area contributed by atoms with Gasteiger partial charge in [0.2, 0.25) is 5.91 Å². The van der Waals surface area contributed by atoms with E-state index in [2.05, 4.69) is 10.0 Å². The number of carboxylic acid groups (broad SMARTS) is 1. The Labute approximate surface area is 153 Å². The van der Waals surface area contributed by atoms with Gasteiger partial charge >= 0.3 is 5.97 Å². The predicted octanol–water partition coefficient (Wildman–Crippen LogP) is 4.77. The molecular weight excluding hydrogens is 362 g/mol. The Kier molecular flexibility index (Phi) is 5.86. The minimum absolute atomic E-state index is 0.118. The van der Waals surface area contributed by atoms with E-state index in [1.54, 1.807) is 45.0 Å². The molecule has 5 nitrogen and oxygen atoms in total. The second-order valence-corrected chi connectivity index (χ2v) is 7.43. The van der Waals surface area contributed by atoms with Crippen LogP contribution in [-0.4, -0.2) is 17.0 Å². The van der Waals surface area contributed by atoms with Crippen molar-refractivity contribution in [1.82, 2.24) is 0 Å². The molecule has 0 saturated heterocycles. The van der Waals surface area contributed by atoms with Gasteiger partial charge in [-0.1, -0.05) is 20.8 Å². The fourth-order valence-corrected chi connectivity index (χ4v) is 2.48. The molecule has 0 aliphatic carbocycles. The van der Waals surface area contributed by atoms with Crippen molar-refractivity contribution in [2.24, 2.45) is 5.41 Å². The molecule has 8 heteroatoms. The van der Waals surface area contributed by atoms with Crippen LogP contribution < -0.4 is 10.0 Å². The van der Waals surface area contributed by atoms with Crippen LogP contribution in [0, 0.1) is 17.0 Å². The number of carboxylic acids is 1. The standard InChI is InChI=1S/C18H18F2N2O3S/c1-18(2,3)17(25)21-10-4-6-11(7-5-10)26-22-15-9-13(19)12(16(23)24)8-14(15)20/h4-9,22H,1-3H3,(H,21,25)(H,23,24). The number of amides is 1. The molecule has 0 atom stereocenters. The van der Waals surface area contributed by atoms with Crippen molar-refractivity contribution in [3.63, 3.8) is 0 Å². The van der Waals surface area contributed by atoms with Crippen molar-refractivity contribution in [1.29, 1.82) is 0 Å². The molecule has 138 valence electrons. The first-order chi connectivity index (χ1) is 12.1. The summed E-state index contributed by atoms with van der Waals surface area (Å²) in [6.07, 6.45) is 0. The van der Waals surface area contributed by atoms with Gasteiger partial charge in [-0.3, -0.25) is 4.79 Å². The SMILES string of the molecule is CC(C)(C)C(=O)Nc1ccc(SNc2cc(F)c(C(=O)O)cc2F)cc1. The average molecular weight is 380 g/mol. The van der Waals surface area contributed by atoms with Crippen LogP contribution in [0.4, 0.5) is 20.2 Å². The topological polar surface area (TPSA) is 78.4 Å². The molecule has 26 heavy (non-hydrogen) atoms. The summed E-state index contributed by atoms with van der Waals surface area (Å²) in [7, 11) is 0. The van der Waals surface area contributed by atoms with Gasteiger partial charge < -0.3 is 15.1 Å². The lowest BCUT2D eigenvalue weighted by atomic mass is 9.95. The molecular formula is C18H18F2N2O3S. The molecule has 0 radical (unpaired) electrons. The van der Waals surface area contributed by atoms with Crippen LogP contribution in [0.3, 0.4) is 0 Å². The fourth-order valence-electron chi connectivity index (χ4n) is 1.83. The number of aromatic carboxylic acids is 1. The average Bonchev–Trinajstić information content (AvgIpc) is 2.55. The van der Waals surface area contributed by atoms with Crippen molar-refractivity contribution >= 4 is 35.2 Å². The summed E-state index contributed by atoms with van der Waals surface area (Å²) in [4.78, 5) is 23.4. The maximum Gasteiger partial charge on any atom is 0.338 e. The molecule has 0 bridgehead atoms. The highest BCUT2D eigenvalue weighted by Crippen LogP contribution is 2.27. The van der Waals surface area contributed by atoms with Crippen molar-refractivity contribution in [3.8, 4) is 0 Å². The third-order valence-electron chi connectivity index (χ3n) is 3.36. The molecule has 2 rings (SSSR count). The normalized spacial score (nSPS) is 11.1. The van der Waals surface area contributed by atoms with Crippen molar-refractivity contribution in [3.05, 3.63) is 53.6 Å². The Balaban J connectivity index is 2.03. The van der Waals surface area contributed by atoms with E-state index < -0.39 is 28.6 Å². The summed E-state index contributed by atoms with van der Waals surface area (Å²) in [6, 6.07) is 8.22. The Morgan fingerprint density at radius 3 is 2.19 bits per heavy atom. The Morgan fingerprint density at radius 1 is 1.04 bits per heavy atom.